The summed E-state index contributed by atoms with van der Waals surface area (Å²) >= 11 is 16.1. The van der Waals surface area contributed by atoms with Crippen LogP contribution in [0.1, 0.15) is 50.1 Å². The van der Waals surface area contributed by atoms with Gasteiger partial charge in [-0.2, -0.15) is 5.10 Å². The second kappa shape index (κ2) is 10.9. The van der Waals surface area contributed by atoms with Crippen LogP contribution in [0.15, 0.2) is 64.2 Å². The molecule has 0 spiro atoms. The number of anilines is 1. The zero-order chi connectivity index (χ0) is 22.5. The molecule has 168 valence electrons. The summed E-state index contributed by atoms with van der Waals surface area (Å²) in [6.07, 6.45) is 10.6. The zero-order valence-corrected chi connectivity index (χ0v) is 20.8. The van der Waals surface area contributed by atoms with Gasteiger partial charge in [0.05, 0.1) is 29.0 Å². The van der Waals surface area contributed by atoms with Gasteiger partial charge in [-0.1, -0.05) is 76.6 Å². The Hall–Kier alpha value is -1.82. The standard InChI is InChI=1S/C25H26BrCl2N3O/c26-19-9-7-18(8-10-19)24-15-21(30-31(24)23-12-11-20(27)14-22(23)28)16-29-25(32)13-6-17-4-2-1-3-5-17/h6-14,17,24H,1-5,15-16H2,(H,29,32)/b13-6+. The minimum atomic E-state index is -0.0681. The van der Waals surface area contributed by atoms with Gasteiger partial charge in [0.2, 0.25) is 5.91 Å². The van der Waals surface area contributed by atoms with Gasteiger partial charge >= 0.3 is 0 Å². The number of carbonyl (C=O) groups excluding carboxylic acids is 1. The van der Waals surface area contributed by atoms with Gasteiger partial charge in [-0.3, -0.25) is 9.80 Å². The number of benzene rings is 2. The van der Waals surface area contributed by atoms with Crippen molar-refractivity contribution in [3.63, 3.8) is 0 Å². The van der Waals surface area contributed by atoms with Gasteiger partial charge in [-0.05, 0) is 60.7 Å². The number of nitrogens with one attached hydrogen (secondary N) is 1. The maximum atomic E-state index is 12.4. The molecule has 1 heterocycles. The summed E-state index contributed by atoms with van der Waals surface area (Å²) in [5, 5.41) is 10.9. The molecule has 1 aliphatic carbocycles. The minimum Gasteiger partial charge on any atom is -0.347 e. The molecule has 1 aliphatic heterocycles. The van der Waals surface area contributed by atoms with E-state index in [1.54, 1.807) is 12.1 Å². The number of nitrogens with zero attached hydrogens (tertiary/aromatic N) is 2. The SMILES string of the molecule is O=C(/C=C/C1CCCCC1)NCC1=NN(c2ccc(Cl)cc2Cl)C(c2ccc(Br)cc2)C1. The molecular weight excluding hydrogens is 509 g/mol. The highest BCUT2D eigenvalue weighted by atomic mass is 79.9. The van der Waals surface area contributed by atoms with Gasteiger partial charge in [0.15, 0.2) is 0 Å². The van der Waals surface area contributed by atoms with Crippen molar-refractivity contribution in [1.82, 2.24) is 5.32 Å². The van der Waals surface area contributed by atoms with Crippen molar-refractivity contribution in [2.24, 2.45) is 11.0 Å². The van der Waals surface area contributed by atoms with Crippen molar-refractivity contribution in [2.45, 2.75) is 44.6 Å². The largest absolute Gasteiger partial charge is 0.347 e. The summed E-state index contributed by atoms with van der Waals surface area (Å²) in [6, 6.07) is 13.6. The Morgan fingerprint density at radius 2 is 1.88 bits per heavy atom. The van der Waals surface area contributed by atoms with Crippen molar-refractivity contribution in [3.8, 4) is 0 Å². The summed E-state index contributed by atoms with van der Waals surface area (Å²) in [4.78, 5) is 12.4. The molecular formula is C25H26BrCl2N3O. The second-order valence-corrected chi connectivity index (χ2v) is 10.1. The van der Waals surface area contributed by atoms with Crippen LogP contribution >= 0.6 is 39.1 Å². The average Bonchev–Trinajstić information content (AvgIpc) is 3.21. The quantitative estimate of drug-likeness (QED) is 0.394. The van der Waals surface area contributed by atoms with Crippen molar-refractivity contribution in [2.75, 3.05) is 11.6 Å². The van der Waals surface area contributed by atoms with Gasteiger partial charge in [-0.15, -0.1) is 0 Å². The number of carbonyl (C=O) groups is 1. The van der Waals surface area contributed by atoms with Gasteiger partial charge in [0, 0.05) is 15.9 Å². The smallest absolute Gasteiger partial charge is 0.243 e. The Bertz CT molecular complexity index is 1020. The molecule has 2 aromatic rings. The molecule has 4 nitrogen and oxygen atoms in total. The molecule has 0 bridgehead atoms. The van der Waals surface area contributed by atoms with E-state index in [1.807, 2.05) is 29.3 Å². The Kier molecular flexibility index (Phi) is 7.93. The summed E-state index contributed by atoms with van der Waals surface area (Å²) in [5.74, 6) is 0.462. The van der Waals surface area contributed by atoms with Gasteiger partial charge < -0.3 is 5.32 Å². The third-order valence-corrected chi connectivity index (χ3v) is 7.09. The minimum absolute atomic E-state index is 0.00791. The summed E-state index contributed by atoms with van der Waals surface area (Å²) in [7, 11) is 0. The predicted molar refractivity (Wildman–Crippen MR) is 137 cm³/mol. The number of amides is 1. The number of hydrazone groups is 1. The van der Waals surface area contributed by atoms with Crippen molar-refractivity contribution < 1.29 is 4.79 Å². The van der Waals surface area contributed by atoms with E-state index >= 15 is 0 Å². The van der Waals surface area contributed by atoms with E-state index in [0.29, 0.717) is 28.9 Å². The van der Waals surface area contributed by atoms with Crippen LogP contribution in [0.2, 0.25) is 10.0 Å². The van der Waals surface area contributed by atoms with Gasteiger partial charge in [-0.25, -0.2) is 0 Å². The maximum Gasteiger partial charge on any atom is 0.243 e. The molecule has 0 aromatic heterocycles. The first-order valence-electron chi connectivity index (χ1n) is 11.0. The lowest BCUT2D eigenvalue weighted by atomic mass is 9.89. The number of allylic oxidation sites excluding steroid dienone is 1. The van der Waals surface area contributed by atoms with Crippen LogP contribution < -0.4 is 10.3 Å². The molecule has 1 N–H and O–H groups in total. The molecule has 1 saturated carbocycles. The summed E-state index contributed by atoms with van der Waals surface area (Å²) in [5.41, 5.74) is 2.83. The van der Waals surface area contributed by atoms with E-state index in [9.17, 15) is 4.79 Å². The highest BCUT2D eigenvalue weighted by Crippen LogP contribution is 2.39. The third kappa shape index (κ3) is 5.94. The molecule has 32 heavy (non-hydrogen) atoms. The molecule has 7 heteroatoms. The average molecular weight is 535 g/mol. The fourth-order valence-electron chi connectivity index (χ4n) is 4.31. The first-order valence-corrected chi connectivity index (χ1v) is 12.6. The van der Waals surface area contributed by atoms with E-state index in [2.05, 4.69) is 39.5 Å². The van der Waals surface area contributed by atoms with Crippen LogP contribution in [0.5, 0.6) is 0 Å². The maximum absolute atomic E-state index is 12.4. The molecule has 1 amide bonds. The lowest BCUT2D eigenvalue weighted by molar-refractivity contribution is -0.116. The normalized spacial score (nSPS) is 19.4. The fourth-order valence-corrected chi connectivity index (χ4v) is 5.07. The van der Waals surface area contributed by atoms with Crippen LogP contribution in [0.3, 0.4) is 0 Å². The van der Waals surface area contributed by atoms with E-state index in [4.69, 9.17) is 28.3 Å². The van der Waals surface area contributed by atoms with Crippen LogP contribution in [0, 0.1) is 5.92 Å². The topological polar surface area (TPSA) is 44.7 Å². The number of rotatable bonds is 6. The monoisotopic (exact) mass is 533 g/mol. The number of hydrogen-bond donors (Lipinski definition) is 1. The molecule has 1 fully saturated rings. The zero-order valence-electron chi connectivity index (χ0n) is 17.7. The second-order valence-electron chi connectivity index (χ2n) is 8.35. The summed E-state index contributed by atoms with van der Waals surface area (Å²) in [6.45, 7) is 0.405. The Morgan fingerprint density at radius 1 is 1.12 bits per heavy atom. The highest BCUT2D eigenvalue weighted by molar-refractivity contribution is 9.10. The molecule has 0 radical (unpaired) electrons. The fraction of sp³-hybridized carbons (Fsp3) is 0.360. The first kappa shape index (κ1) is 23.3. The van der Waals surface area contributed by atoms with Gasteiger partial charge in [0.1, 0.15) is 0 Å². The van der Waals surface area contributed by atoms with Crippen LogP contribution in [-0.2, 0) is 4.79 Å². The molecule has 2 aliphatic rings. The van der Waals surface area contributed by atoms with E-state index in [1.165, 1.54) is 32.1 Å². The first-order chi connectivity index (χ1) is 15.5. The Labute approximate surface area is 207 Å². The van der Waals surface area contributed by atoms with E-state index in [0.717, 1.165) is 21.4 Å². The molecule has 1 atom stereocenters. The Balaban J connectivity index is 1.47. The molecule has 4 rings (SSSR count). The van der Waals surface area contributed by atoms with Crippen LogP contribution in [0.4, 0.5) is 5.69 Å². The van der Waals surface area contributed by atoms with E-state index in [-0.39, 0.29) is 11.9 Å². The van der Waals surface area contributed by atoms with Crippen molar-refractivity contribution >= 4 is 56.4 Å². The number of hydrogen-bond acceptors (Lipinski definition) is 3. The molecule has 2 aromatic carbocycles. The molecule has 0 saturated heterocycles. The lowest BCUT2D eigenvalue weighted by Crippen LogP contribution is -2.27. The predicted octanol–water partition coefficient (Wildman–Crippen LogP) is 7.32. The van der Waals surface area contributed by atoms with Crippen LogP contribution in [0.25, 0.3) is 0 Å². The summed E-state index contributed by atoms with van der Waals surface area (Å²) < 4.78 is 1.02. The third-order valence-electron chi connectivity index (χ3n) is 6.02. The lowest BCUT2D eigenvalue weighted by Gasteiger charge is -2.25. The van der Waals surface area contributed by atoms with E-state index < -0.39 is 0 Å². The van der Waals surface area contributed by atoms with Crippen molar-refractivity contribution in [3.05, 3.63) is 74.7 Å². The van der Waals surface area contributed by atoms with Gasteiger partial charge in [0.25, 0.3) is 0 Å². The number of halogens is 3. The molecule has 1 unspecified atom stereocenters. The van der Waals surface area contributed by atoms with Crippen molar-refractivity contribution in [1.29, 1.82) is 0 Å². The van der Waals surface area contributed by atoms with Crippen LogP contribution in [-0.4, -0.2) is 18.2 Å². The Morgan fingerprint density at radius 3 is 2.59 bits per heavy atom. The highest BCUT2D eigenvalue weighted by Gasteiger charge is 2.30.